The number of aryl methyl sites for hydroxylation is 1. The number of carbonyl (C=O) groups excluding carboxylic acids is 1. The summed E-state index contributed by atoms with van der Waals surface area (Å²) in [6.45, 7) is 7.49. The first-order valence-corrected chi connectivity index (χ1v) is 9.96. The first kappa shape index (κ1) is 20.8. The number of carbonyl (C=O) groups is 1. The number of hydrogen-bond donors (Lipinski definition) is 1. The van der Waals surface area contributed by atoms with Crippen molar-refractivity contribution in [2.24, 2.45) is 0 Å². The van der Waals surface area contributed by atoms with Gasteiger partial charge in [0.2, 0.25) is 0 Å². The second-order valence-corrected chi connectivity index (χ2v) is 9.32. The summed E-state index contributed by atoms with van der Waals surface area (Å²) in [6.07, 6.45) is 0. The van der Waals surface area contributed by atoms with Gasteiger partial charge in [-0.25, -0.2) is 8.42 Å². The van der Waals surface area contributed by atoms with Gasteiger partial charge in [0.05, 0.1) is 17.7 Å². The zero-order valence-electron chi connectivity index (χ0n) is 16.5. The van der Waals surface area contributed by atoms with Gasteiger partial charge in [-0.1, -0.05) is 0 Å². The topological polar surface area (TPSA) is 75.7 Å². The number of methoxy groups -OCH3 is 1. The van der Waals surface area contributed by atoms with Crippen LogP contribution >= 0.6 is 0 Å². The Morgan fingerprint density at radius 3 is 2.15 bits per heavy atom. The van der Waals surface area contributed by atoms with Gasteiger partial charge in [0.1, 0.15) is 5.75 Å². The van der Waals surface area contributed by atoms with Gasteiger partial charge in [0.25, 0.3) is 15.9 Å². The van der Waals surface area contributed by atoms with Crippen molar-refractivity contribution in [3.8, 4) is 5.75 Å². The molecule has 2 aromatic carbocycles. The van der Waals surface area contributed by atoms with Gasteiger partial charge in [-0.2, -0.15) is 0 Å². The Hall–Kier alpha value is -2.54. The molecule has 0 saturated heterocycles. The molecule has 1 N–H and O–H groups in total. The molecule has 6 nitrogen and oxygen atoms in total. The van der Waals surface area contributed by atoms with Crippen LogP contribution < -0.4 is 14.4 Å². The van der Waals surface area contributed by atoms with Gasteiger partial charge >= 0.3 is 0 Å². The van der Waals surface area contributed by atoms with E-state index in [1.165, 1.54) is 30.6 Å². The molecule has 0 aliphatic heterocycles. The zero-order valence-corrected chi connectivity index (χ0v) is 17.3. The van der Waals surface area contributed by atoms with E-state index in [4.69, 9.17) is 4.74 Å². The van der Waals surface area contributed by atoms with Crippen LogP contribution in [-0.4, -0.2) is 34.0 Å². The Labute approximate surface area is 161 Å². The second kappa shape index (κ2) is 7.60. The van der Waals surface area contributed by atoms with E-state index in [2.05, 4.69) is 5.32 Å². The molecule has 0 aliphatic rings. The molecule has 2 rings (SSSR count). The predicted octanol–water partition coefficient (Wildman–Crippen LogP) is 3.36. The summed E-state index contributed by atoms with van der Waals surface area (Å²) in [5.74, 6) is 0.389. The molecule has 2 aromatic rings. The van der Waals surface area contributed by atoms with E-state index in [1.807, 2.05) is 20.8 Å². The van der Waals surface area contributed by atoms with Crippen molar-refractivity contribution in [2.75, 3.05) is 18.5 Å². The Morgan fingerprint density at radius 1 is 1.07 bits per heavy atom. The first-order valence-electron chi connectivity index (χ1n) is 8.52. The molecule has 146 valence electrons. The van der Waals surface area contributed by atoms with Crippen LogP contribution in [0.4, 0.5) is 5.69 Å². The fraction of sp³-hybridized carbons (Fsp3) is 0.350. The number of ether oxygens (including phenoxy) is 1. The summed E-state index contributed by atoms with van der Waals surface area (Å²) in [7, 11) is -0.703. The molecule has 1 amide bonds. The number of anilines is 1. The number of sulfonamides is 1. The van der Waals surface area contributed by atoms with Gasteiger partial charge in [-0.05, 0) is 75.7 Å². The summed E-state index contributed by atoms with van der Waals surface area (Å²) in [5.41, 5.74) is 1.34. The van der Waals surface area contributed by atoms with Gasteiger partial charge in [-0.3, -0.25) is 9.10 Å². The first-order chi connectivity index (χ1) is 12.5. The van der Waals surface area contributed by atoms with Crippen LogP contribution in [0.2, 0.25) is 0 Å². The highest BCUT2D eigenvalue weighted by Crippen LogP contribution is 2.27. The summed E-state index contributed by atoms with van der Waals surface area (Å²) < 4.78 is 32.1. The molecule has 0 spiro atoms. The molecular weight excluding hydrogens is 364 g/mol. The molecule has 0 bridgehead atoms. The minimum Gasteiger partial charge on any atom is -0.497 e. The predicted molar refractivity (Wildman–Crippen MR) is 107 cm³/mol. The standard InChI is InChI=1S/C20H26N2O4S/c1-14-13-15(19(23)21-20(2,3)4)7-12-18(14)22(5)27(24,25)17-10-8-16(26-6)9-11-17/h7-13H,1-6H3,(H,21,23). The van der Waals surface area contributed by atoms with Crippen molar-refractivity contribution in [1.29, 1.82) is 0 Å². The van der Waals surface area contributed by atoms with E-state index < -0.39 is 10.0 Å². The Morgan fingerprint density at radius 2 is 1.67 bits per heavy atom. The van der Waals surface area contributed by atoms with Gasteiger partial charge < -0.3 is 10.1 Å². The Kier molecular flexibility index (Phi) is 5.85. The van der Waals surface area contributed by atoms with Crippen LogP contribution in [0.1, 0.15) is 36.7 Å². The van der Waals surface area contributed by atoms with E-state index in [0.717, 1.165) is 0 Å². The quantitative estimate of drug-likeness (QED) is 0.849. The number of nitrogens with one attached hydrogen (secondary N) is 1. The third-order valence-corrected chi connectivity index (χ3v) is 5.79. The van der Waals surface area contributed by atoms with Crippen molar-refractivity contribution in [3.05, 3.63) is 53.6 Å². The zero-order chi connectivity index (χ0) is 20.4. The second-order valence-electron chi connectivity index (χ2n) is 7.35. The maximum atomic E-state index is 12.9. The summed E-state index contributed by atoms with van der Waals surface area (Å²) in [4.78, 5) is 12.5. The average Bonchev–Trinajstić information content (AvgIpc) is 2.59. The van der Waals surface area contributed by atoms with Crippen LogP contribution in [0.15, 0.2) is 47.4 Å². The highest BCUT2D eigenvalue weighted by Gasteiger charge is 2.23. The molecule has 0 radical (unpaired) electrons. The fourth-order valence-corrected chi connectivity index (χ4v) is 3.86. The van der Waals surface area contributed by atoms with Crippen LogP contribution in [0.5, 0.6) is 5.75 Å². The number of amides is 1. The van der Waals surface area contributed by atoms with Gasteiger partial charge in [-0.15, -0.1) is 0 Å². The molecule has 0 aromatic heterocycles. The largest absolute Gasteiger partial charge is 0.497 e. The minimum atomic E-state index is -3.72. The van der Waals surface area contributed by atoms with Crippen LogP contribution in [0.3, 0.4) is 0 Å². The monoisotopic (exact) mass is 390 g/mol. The van der Waals surface area contributed by atoms with Gasteiger partial charge in [0.15, 0.2) is 0 Å². The third-order valence-electron chi connectivity index (χ3n) is 4.00. The third kappa shape index (κ3) is 4.80. The summed E-state index contributed by atoms with van der Waals surface area (Å²) >= 11 is 0. The highest BCUT2D eigenvalue weighted by atomic mass is 32.2. The molecule has 0 heterocycles. The van der Waals surface area contributed by atoms with Crippen molar-refractivity contribution in [3.63, 3.8) is 0 Å². The van der Waals surface area contributed by atoms with E-state index >= 15 is 0 Å². The summed E-state index contributed by atoms with van der Waals surface area (Å²) in [5, 5.41) is 2.90. The number of nitrogens with zero attached hydrogens (tertiary/aromatic N) is 1. The lowest BCUT2D eigenvalue weighted by Gasteiger charge is -2.23. The SMILES string of the molecule is COc1ccc(S(=O)(=O)N(C)c2ccc(C(=O)NC(C)(C)C)cc2C)cc1. The van der Waals surface area contributed by atoms with E-state index in [-0.39, 0.29) is 16.3 Å². The van der Waals surface area contributed by atoms with Crippen molar-refractivity contribution < 1.29 is 17.9 Å². The molecule has 0 aliphatic carbocycles. The Bertz CT molecular complexity index is 929. The maximum Gasteiger partial charge on any atom is 0.264 e. The van der Waals surface area contributed by atoms with Crippen molar-refractivity contribution in [2.45, 2.75) is 38.1 Å². The lowest BCUT2D eigenvalue weighted by molar-refractivity contribution is 0.0919. The average molecular weight is 391 g/mol. The fourth-order valence-electron chi connectivity index (χ4n) is 2.60. The maximum absolute atomic E-state index is 12.9. The van der Waals surface area contributed by atoms with Crippen LogP contribution in [0.25, 0.3) is 0 Å². The van der Waals surface area contributed by atoms with E-state index in [0.29, 0.717) is 22.6 Å². The van der Waals surface area contributed by atoms with Crippen LogP contribution in [-0.2, 0) is 10.0 Å². The highest BCUT2D eigenvalue weighted by molar-refractivity contribution is 7.92. The van der Waals surface area contributed by atoms with Crippen molar-refractivity contribution >= 4 is 21.6 Å². The molecule has 7 heteroatoms. The number of benzene rings is 2. The number of rotatable bonds is 5. The minimum absolute atomic E-state index is 0.166. The van der Waals surface area contributed by atoms with Crippen LogP contribution in [0, 0.1) is 6.92 Å². The van der Waals surface area contributed by atoms with E-state index in [9.17, 15) is 13.2 Å². The molecule has 27 heavy (non-hydrogen) atoms. The molecular formula is C20H26N2O4S. The molecule has 0 saturated carbocycles. The molecule has 0 unspecified atom stereocenters. The van der Waals surface area contributed by atoms with Gasteiger partial charge in [0, 0.05) is 18.2 Å². The summed E-state index contributed by atoms with van der Waals surface area (Å²) in [6, 6.07) is 11.2. The van der Waals surface area contributed by atoms with Crippen molar-refractivity contribution in [1.82, 2.24) is 5.32 Å². The molecule has 0 fully saturated rings. The Balaban J connectivity index is 2.32. The van der Waals surface area contributed by atoms with E-state index in [1.54, 1.807) is 37.3 Å². The molecule has 0 atom stereocenters. The number of hydrogen-bond acceptors (Lipinski definition) is 4. The normalized spacial score (nSPS) is 11.8. The smallest absolute Gasteiger partial charge is 0.264 e. The lowest BCUT2D eigenvalue weighted by atomic mass is 10.1. The lowest BCUT2D eigenvalue weighted by Crippen LogP contribution is -2.40.